The molecular weight excluding hydrogens is 498 g/mol. The first-order valence-electron chi connectivity index (χ1n) is 11.6. The first kappa shape index (κ1) is 23.1. The number of allylic oxidation sites excluding steroid dienone is 2. The average molecular weight is 526 g/mol. The SMILES string of the molecule is COC(=O)[C@H]1C(=O)[C@@]2(C)c3c(OC)cncc3O[C@@]2(c2ccc(Br)cc2)[C@@H]1C1CC=CCC1C. The Morgan fingerprint density at radius 2 is 1.85 bits per heavy atom. The second kappa shape index (κ2) is 8.22. The molecule has 3 aliphatic rings. The third kappa shape index (κ3) is 2.88. The van der Waals surface area contributed by atoms with Gasteiger partial charge >= 0.3 is 5.97 Å². The molecule has 0 spiro atoms. The van der Waals surface area contributed by atoms with Crippen molar-refractivity contribution < 1.29 is 23.8 Å². The van der Waals surface area contributed by atoms with Gasteiger partial charge in [0.2, 0.25) is 0 Å². The molecule has 1 saturated carbocycles. The topological polar surface area (TPSA) is 74.7 Å². The Hall–Kier alpha value is -2.67. The van der Waals surface area contributed by atoms with Gasteiger partial charge in [0.15, 0.2) is 11.4 Å². The Morgan fingerprint density at radius 1 is 1.15 bits per heavy atom. The fourth-order valence-electron chi connectivity index (χ4n) is 6.66. The van der Waals surface area contributed by atoms with Gasteiger partial charge in [0.05, 0.1) is 32.2 Å². The molecule has 1 aliphatic heterocycles. The molecule has 0 N–H and O–H groups in total. The maximum atomic E-state index is 14.5. The van der Waals surface area contributed by atoms with Crippen molar-refractivity contribution in [1.82, 2.24) is 4.98 Å². The first-order valence-corrected chi connectivity index (χ1v) is 12.3. The van der Waals surface area contributed by atoms with Crippen LogP contribution in [-0.4, -0.2) is 31.0 Å². The van der Waals surface area contributed by atoms with Gasteiger partial charge in [-0.25, -0.2) is 0 Å². The van der Waals surface area contributed by atoms with Crippen LogP contribution in [0.1, 0.15) is 37.8 Å². The van der Waals surface area contributed by atoms with E-state index in [9.17, 15) is 9.59 Å². The van der Waals surface area contributed by atoms with Crippen molar-refractivity contribution >= 4 is 27.7 Å². The molecule has 7 heteroatoms. The number of Topliss-reactive ketones (excluding diaryl/α,β-unsaturated/α-hetero) is 1. The van der Waals surface area contributed by atoms with Gasteiger partial charge in [-0.05, 0) is 49.3 Å². The van der Waals surface area contributed by atoms with Crippen LogP contribution in [0.2, 0.25) is 0 Å². The van der Waals surface area contributed by atoms with E-state index in [-0.39, 0.29) is 17.6 Å². The standard InChI is InChI=1S/C27H28BrNO5/c1-15-7-5-6-8-18(15)22-21(25(31)33-4)24(30)26(2)23-19(32-3)13-29-14-20(23)34-27(22,26)16-9-11-17(28)12-10-16/h5-6,9-15,18,21-22H,7-8H2,1-4H3/t15?,18?,21-,22-,26-,27+/m1/s1. The predicted octanol–water partition coefficient (Wildman–Crippen LogP) is 4.99. The second-order valence-corrected chi connectivity index (χ2v) is 10.6. The van der Waals surface area contributed by atoms with E-state index < -0.39 is 28.8 Å². The van der Waals surface area contributed by atoms with Crippen LogP contribution in [0.15, 0.2) is 53.3 Å². The zero-order valence-electron chi connectivity index (χ0n) is 19.7. The number of halogens is 1. The number of carbonyl (C=O) groups is 2. The van der Waals surface area contributed by atoms with E-state index in [4.69, 9.17) is 14.2 Å². The summed E-state index contributed by atoms with van der Waals surface area (Å²) in [5, 5.41) is 0. The van der Waals surface area contributed by atoms with Gasteiger partial charge in [-0.3, -0.25) is 14.6 Å². The van der Waals surface area contributed by atoms with Crippen LogP contribution in [0.3, 0.4) is 0 Å². The summed E-state index contributed by atoms with van der Waals surface area (Å²) in [5.41, 5.74) is -0.794. The quantitative estimate of drug-likeness (QED) is 0.318. The molecule has 6 nitrogen and oxygen atoms in total. The molecule has 2 heterocycles. The Morgan fingerprint density at radius 3 is 2.50 bits per heavy atom. The number of hydrogen-bond acceptors (Lipinski definition) is 6. The molecular formula is C27H28BrNO5. The molecule has 1 aromatic heterocycles. The fraction of sp³-hybridized carbons (Fsp3) is 0.444. The van der Waals surface area contributed by atoms with Crippen LogP contribution in [-0.2, 0) is 25.3 Å². The van der Waals surface area contributed by atoms with Crippen LogP contribution in [0.5, 0.6) is 11.5 Å². The lowest BCUT2D eigenvalue weighted by Crippen LogP contribution is -2.52. The fourth-order valence-corrected chi connectivity index (χ4v) is 6.93. The molecule has 34 heavy (non-hydrogen) atoms. The molecule has 0 amide bonds. The molecule has 1 fully saturated rings. The zero-order valence-corrected chi connectivity index (χ0v) is 21.3. The maximum absolute atomic E-state index is 14.5. The molecule has 6 atom stereocenters. The largest absolute Gasteiger partial charge is 0.495 e. The third-order valence-electron chi connectivity index (χ3n) is 8.22. The highest BCUT2D eigenvalue weighted by Gasteiger charge is 2.77. The van der Waals surface area contributed by atoms with Crippen molar-refractivity contribution in [3.63, 3.8) is 0 Å². The molecule has 0 saturated heterocycles. The molecule has 178 valence electrons. The summed E-state index contributed by atoms with van der Waals surface area (Å²) in [6.45, 7) is 4.08. The highest BCUT2D eigenvalue weighted by atomic mass is 79.9. The maximum Gasteiger partial charge on any atom is 0.316 e. The number of aromatic nitrogens is 1. The van der Waals surface area contributed by atoms with E-state index in [1.54, 1.807) is 19.5 Å². The number of ketones is 1. The lowest BCUT2D eigenvalue weighted by molar-refractivity contribution is -0.152. The summed E-state index contributed by atoms with van der Waals surface area (Å²) >= 11 is 3.53. The van der Waals surface area contributed by atoms with Crippen molar-refractivity contribution in [2.45, 2.75) is 37.7 Å². The summed E-state index contributed by atoms with van der Waals surface area (Å²) in [6, 6.07) is 7.86. The zero-order chi connectivity index (χ0) is 24.3. The van der Waals surface area contributed by atoms with Crippen LogP contribution in [0, 0.1) is 23.7 Å². The number of benzene rings is 1. The minimum Gasteiger partial charge on any atom is -0.495 e. The number of nitrogens with zero attached hydrogens (tertiary/aromatic N) is 1. The highest BCUT2D eigenvalue weighted by molar-refractivity contribution is 9.10. The van der Waals surface area contributed by atoms with Gasteiger partial charge in [0, 0.05) is 10.4 Å². The Labute approximate surface area is 207 Å². The number of esters is 1. The summed E-state index contributed by atoms with van der Waals surface area (Å²) in [4.78, 5) is 32.0. The van der Waals surface area contributed by atoms with E-state index in [1.807, 2.05) is 31.2 Å². The van der Waals surface area contributed by atoms with Crippen molar-refractivity contribution in [2.75, 3.05) is 14.2 Å². The van der Waals surface area contributed by atoms with Gasteiger partial charge in [0.25, 0.3) is 0 Å². The smallest absolute Gasteiger partial charge is 0.316 e. The monoisotopic (exact) mass is 525 g/mol. The lowest BCUT2D eigenvalue weighted by Gasteiger charge is -2.45. The van der Waals surface area contributed by atoms with Gasteiger partial charge in [-0.15, -0.1) is 0 Å². The Bertz CT molecular complexity index is 1180. The number of carbonyl (C=O) groups excluding carboxylic acids is 2. The normalized spacial score (nSPS) is 33.7. The van der Waals surface area contributed by atoms with Gasteiger partial charge in [0.1, 0.15) is 22.8 Å². The van der Waals surface area contributed by atoms with Gasteiger partial charge in [-0.1, -0.05) is 47.1 Å². The van der Waals surface area contributed by atoms with E-state index in [0.29, 0.717) is 17.1 Å². The number of ether oxygens (including phenoxy) is 3. The summed E-state index contributed by atoms with van der Waals surface area (Å²) in [5.74, 6) is -0.800. The molecule has 0 bridgehead atoms. The van der Waals surface area contributed by atoms with Crippen LogP contribution in [0.25, 0.3) is 0 Å². The van der Waals surface area contributed by atoms with Crippen LogP contribution >= 0.6 is 15.9 Å². The van der Waals surface area contributed by atoms with Crippen molar-refractivity contribution in [1.29, 1.82) is 0 Å². The highest BCUT2D eigenvalue weighted by Crippen LogP contribution is 2.69. The van der Waals surface area contributed by atoms with E-state index in [1.165, 1.54) is 7.11 Å². The van der Waals surface area contributed by atoms with Crippen molar-refractivity contribution in [2.24, 2.45) is 23.7 Å². The van der Waals surface area contributed by atoms with Gasteiger partial charge in [-0.2, -0.15) is 0 Å². The predicted molar refractivity (Wildman–Crippen MR) is 130 cm³/mol. The Kier molecular flexibility index (Phi) is 5.58. The molecule has 2 aliphatic carbocycles. The van der Waals surface area contributed by atoms with Crippen LogP contribution < -0.4 is 9.47 Å². The summed E-state index contributed by atoms with van der Waals surface area (Å²) in [7, 11) is 2.90. The molecule has 5 rings (SSSR count). The van der Waals surface area contributed by atoms with E-state index in [0.717, 1.165) is 22.9 Å². The Balaban J connectivity index is 1.86. The van der Waals surface area contributed by atoms with E-state index >= 15 is 0 Å². The third-order valence-corrected chi connectivity index (χ3v) is 8.75. The minimum atomic E-state index is -1.17. The molecule has 2 unspecified atom stereocenters. The van der Waals surface area contributed by atoms with E-state index in [2.05, 4.69) is 40.0 Å². The number of fused-ring (bicyclic) bond motifs is 3. The molecule has 1 aromatic carbocycles. The van der Waals surface area contributed by atoms with Crippen molar-refractivity contribution in [3.05, 3.63) is 64.4 Å². The van der Waals surface area contributed by atoms with Crippen molar-refractivity contribution in [3.8, 4) is 11.5 Å². The number of pyridine rings is 1. The molecule has 0 radical (unpaired) electrons. The molecule has 2 aromatic rings. The minimum absolute atomic E-state index is 0.0387. The van der Waals surface area contributed by atoms with Gasteiger partial charge < -0.3 is 14.2 Å². The number of methoxy groups -OCH3 is 2. The average Bonchev–Trinajstić information content (AvgIpc) is 3.22. The lowest BCUT2D eigenvalue weighted by atomic mass is 9.61. The second-order valence-electron chi connectivity index (χ2n) is 9.66. The summed E-state index contributed by atoms with van der Waals surface area (Å²) in [6.07, 6.45) is 9.21. The number of rotatable bonds is 4. The summed E-state index contributed by atoms with van der Waals surface area (Å²) < 4.78 is 18.7. The number of hydrogen-bond donors (Lipinski definition) is 0. The van der Waals surface area contributed by atoms with Crippen LogP contribution in [0.4, 0.5) is 0 Å². The first-order chi connectivity index (χ1) is 16.3.